The SMILES string of the molecule is O=C(O)c1ccc(-n2nnc(C(=O)O)c2-c2cccc(Cl)c2)cc1. The molecule has 7 nitrogen and oxygen atoms in total. The minimum atomic E-state index is -1.22. The highest BCUT2D eigenvalue weighted by Crippen LogP contribution is 2.27. The molecule has 0 amide bonds. The van der Waals surface area contributed by atoms with Crippen LogP contribution in [-0.2, 0) is 0 Å². The number of aromatic carboxylic acids is 2. The lowest BCUT2D eigenvalue weighted by Crippen LogP contribution is -2.04. The second-order valence-corrected chi connectivity index (χ2v) is 5.30. The highest BCUT2D eigenvalue weighted by Gasteiger charge is 2.21. The number of benzene rings is 2. The lowest BCUT2D eigenvalue weighted by Gasteiger charge is -2.08. The third-order valence-corrected chi connectivity index (χ3v) is 3.56. The third kappa shape index (κ3) is 2.84. The normalized spacial score (nSPS) is 10.5. The molecule has 0 aliphatic heterocycles. The van der Waals surface area contributed by atoms with E-state index in [0.29, 0.717) is 16.3 Å². The molecule has 0 atom stereocenters. The molecule has 120 valence electrons. The Morgan fingerprint density at radius 2 is 1.71 bits per heavy atom. The van der Waals surface area contributed by atoms with Gasteiger partial charge in [-0.1, -0.05) is 28.9 Å². The number of carboxylic acid groups (broad SMARTS) is 2. The van der Waals surface area contributed by atoms with Crippen molar-refractivity contribution in [1.29, 1.82) is 0 Å². The van der Waals surface area contributed by atoms with Gasteiger partial charge < -0.3 is 10.2 Å². The van der Waals surface area contributed by atoms with E-state index in [9.17, 15) is 14.7 Å². The fourth-order valence-corrected chi connectivity index (χ4v) is 2.44. The molecule has 0 bridgehead atoms. The van der Waals surface area contributed by atoms with E-state index in [4.69, 9.17) is 16.7 Å². The van der Waals surface area contributed by atoms with E-state index in [1.165, 1.54) is 28.9 Å². The van der Waals surface area contributed by atoms with Gasteiger partial charge in [0.2, 0.25) is 0 Å². The molecule has 2 N–H and O–H groups in total. The standard InChI is InChI=1S/C16H10ClN3O4/c17-11-3-1-2-10(8-11)14-13(16(23)24)18-19-20(14)12-6-4-9(5-7-12)15(21)22/h1-8H,(H,21,22)(H,23,24). The summed E-state index contributed by atoms with van der Waals surface area (Å²) in [6.07, 6.45) is 0. The molecule has 0 radical (unpaired) electrons. The van der Waals surface area contributed by atoms with Crippen molar-refractivity contribution in [2.45, 2.75) is 0 Å². The minimum Gasteiger partial charge on any atom is -0.478 e. The maximum atomic E-state index is 11.4. The van der Waals surface area contributed by atoms with E-state index in [0.717, 1.165) is 0 Å². The van der Waals surface area contributed by atoms with Crippen LogP contribution in [0.25, 0.3) is 16.9 Å². The van der Waals surface area contributed by atoms with Crippen LogP contribution in [-0.4, -0.2) is 37.1 Å². The number of halogens is 1. The topological polar surface area (TPSA) is 105 Å². The average Bonchev–Trinajstić information content (AvgIpc) is 3.00. The second kappa shape index (κ2) is 6.13. The molecule has 0 unspecified atom stereocenters. The number of carboxylic acids is 2. The molecule has 0 fully saturated rings. The largest absolute Gasteiger partial charge is 0.478 e. The van der Waals surface area contributed by atoms with Gasteiger partial charge in [0.1, 0.15) is 5.69 Å². The number of carbonyl (C=O) groups is 2. The molecular formula is C16H10ClN3O4. The fraction of sp³-hybridized carbons (Fsp3) is 0. The Morgan fingerprint density at radius 3 is 2.29 bits per heavy atom. The van der Waals surface area contributed by atoms with Gasteiger partial charge in [0.05, 0.1) is 11.3 Å². The van der Waals surface area contributed by atoms with Gasteiger partial charge in [0, 0.05) is 10.6 Å². The Hall–Kier alpha value is -3.19. The van der Waals surface area contributed by atoms with E-state index in [2.05, 4.69) is 10.3 Å². The lowest BCUT2D eigenvalue weighted by molar-refractivity contribution is 0.0683. The lowest BCUT2D eigenvalue weighted by atomic mass is 10.1. The van der Waals surface area contributed by atoms with Crippen molar-refractivity contribution in [3.05, 3.63) is 64.8 Å². The summed E-state index contributed by atoms with van der Waals surface area (Å²) in [6, 6.07) is 12.5. The molecule has 1 heterocycles. The summed E-state index contributed by atoms with van der Waals surface area (Å²) < 4.78 is 1.33. The van der Waals surface area contributed by atoms with Crippen LogP contribution in [0.1, 0.15) is 20.8 Å². The van der Waals surface area contributed by atoms with Gasteiger partial charge in [-0.05, 0) is 36.4 Å². The van der Waals surface area contributed by atoms with Gasteiger partial charge >= 0.3 is 11.9 Å². The average molecular weight is 344 g/mol. The molecule has 0 saturated carbocycles. The van der Waals surface area contributed by atoms with Gasteiger partial charge in [0.15, 0.2) is 5.69 Å². The minimum absolute atomic E-state index is 0.113. The van der Waals surface area contributed by atoms with Crippen molar-refractivity contribution < 1.29 is 19.8 Å². The van der Waals surface area contributed by atoms with Crippen LogP contribution in [0.15, 0.2) is 48.5 Å². The Kier molecular flexibility index (Phi) is 4.01. The number of aromatic nitrogens is 3. The maximum absolute atomic E-state index is 11.4. The number of hydrogen-bond acceptors (Lipinski definition) is 4. The molecule has 8 heteroatoms. The van der Waals surface area contributed by atoms with Crippen molar-refractivity contribution in [2.24, 2.45) is 0 Å². The summed E-state index contributed by atoms with van der Waals surface area (Å²) in [5.74, 6) is -2.28. The zero-order valence-electron chi connectivity index (χ0n) is 12.0. The first kappa shape index (κ1) is 15.7. The molecular weight excluding hydrogens is 334 g/mol. The summed E-state index contributed by atoms with van der Waals surface area (Å²) >= 11 is 5.98. The fourth-order valence-electron chi connectivity index (χ4n) is 2.25. The highest BCUT2D eigenvalue weighted by atomic mass is 35.5. The van der Waals surface area contributed by atoms with Crippen LogP contribution in [0.4, 0.5) is 0 Å². The Balaban J connectivity index is 2.18. The Morgan fingerprint density at radius 1 is 1.00 bits per heavy atom. The van der Waals surface area contributed by atoms with Crippen LogP contribution in [0, 0.1) is 0 Å². The van der Waals surface area contributed by atoms with Crippen LogP contribution < -0.4 is 0 Å². The summed E-state index contributed by atoms with van der Waals surface area (Å²) in [7, 11) is 0. The van der Waals surface area contributed by atoms with E-state index >= 15 is 0 Å². The number of hydrogen-bond donors (Lipinski definition) is 2. The summed E-state index contributed by atoms with van der Waals surface area (Å²) in [5, 5.41) is 26.3. The smallest absolute Gasteiger partial charge is 0.358 e. The van der Waals surface area contributed by atoms with Gasteiger partial charge in [-0.2, -0.15) is 0 Å². The van der Waals surface area contributed by atoms with Gasteiger partial charge in [-0.15, -0.1) is 5.10 Å². The number of nitrogens with zero attached hydrogens (tertiary/aromatic N) is 3. The Bertz CT molecular complexity index is 935. The molecule has 3 rings (SSSR count). The van der Waals surface area contributed by atoms with Crippen LogP contribution in [0.5, 0.6) is 0 Å². The molecule has 1 aromatic heterocycles. The first-order valence-corrected chi connectivity index (χ1v) is 7.14. The summed E-state index contributed by atoms with van der Waals surface area (Å²) in [5.41, 5.74) is 1.16. The van der Waals surface area contributed by atoms with E-state index in [1.807, 2.05) is 0 Å². The maximum Gasteiger partial charge on any atom is 0.358 e. The van der Waals surface area contributed by atoms with Crippen molar-refractivity contribution in [3.63, 3.8) is 0 Å². The molecule has 0 aliphatic carbocycles. The summed E-state index contributed by atoms with van der Waals surface area (Å²) in [6.45, 7) is 0. The van der Waals surface area contributed by atoms with E-state index in [1.54, 1.807) is 24.3 Å². The van der Waals surface area contributed by atoms with Crippen molar-refractivity contribution in [2.75, 3.05) is 0 Å². The monoisotopic (exact) mass is 343 g/mol. The molecule has 24 heavy (non-hydrogen) atoms. The van der Waals surface area contributed by atoms with E-state index in [-0.39, 0.29) is 17.0 Å². The van der Waals surface area contributed by atoms with Crippen molar-refractivity contribution in [1.82, 2.24) is 15.0 Å². The van der Waals surface area contributed by atoms with Gasteiger partial charge in [-0.25, -0.2) is 14.3 Å². The zero-order valence-corrected chi connectivity index (χ0v) is 12.8. The summed E-state index contributed by atoms with van der Waals surface area (Å²) in [4.78, 5) is 22.4. The van der Waals surface area contributed by atoms with Crippen molar-refractivity contribution in [3.8, 4) is 16.9 Å². The first-order chi connectivity index (χ1) is 11.5. The molecule has 2 aromatic carbocycles. The number of rotatable bonds is 4. The first-order valence-electron chi connectivity index (χ1n) is 6.76. The highest BCUT2D eigenvalue weighted by molar-refractivity contribution is 6.30. The molecule has 0 aliphatic rings. The predicted octanol–water partition coefficient (Wildman–Crippen LogP) is 2.98. The second-order valence-electron chi connectivity index (χ2n) is 4.87. The third-order valence-electron chi connectivity index (χ3n) is 3.33. The molecule has 3 aromatic rings. The quantitative estimate of drug-likeness (QED) is 0.754. The van der Waals surface area contributed by atoms with Gasteiger partial charge in [-0.3, -0.25) is 0 Å². The van der Waals surface area contributed by atoms with E-state index < -0.39 is 11.9 Å². The zero-order chi connectivity index (χ0) is 17.3. The van der Waals surface area contributed by atoms with Crippen molar-refractivity contribution >= 4 is 23.5 Å². The Labute approximate surface area is 140 Å². The van der Waals surface area contributed by atoms with Gasteiger partial charge in [0.25, 0.3) is 0 Å². The van der Waals surface area contributed by atoms with Crippen LogP contribution >= 0.6 is 11.6 Å². The molecule has 0 saturated heterocycles. The predicted molar refractivity (Wildman–Crippen MR) is 85.7 cm³/mol. The molecule has 0 spiro atoms. The van der Waals surface area contributed by atoms with Crippen LogP contribution in [0.3, 0.4) is 0 Å². The van der Waals surface area contributed by atoms with Crippen LogP contribution in [0.2, 0.25) is 5.02 Å².